The van der Waals surface area contributed by atoms with Crippen LogP contribution in [-0.2, 0) is 11.0 Å². The Morgan fingerprint density at radius 1 is 1.41 bits per heavy atom. The minimum Gasteiger partial charge on any atom is -0.322 e. The van der Waals surface area contributed by atoms with Gasteiger partial charge in [-0.1, -0.05) is 34.2 Å². The quantitative estimate of drug-likeness (QED) is 0.470. The third-order valence-electron chi connectivity index (χ3n) is 1.76. The summed E-state index contributed by atoms with van der Waals surface area (Å²) in [5, 5.41) is 1.60. The summed E-state index contributed by atoms with van der Waals surface area (Å²) >= 11 is 7.21. The predicted molar refractivity (Wildman–Crippen MR) is 63.9 cm³/mol. The molecule has 0 saturated heterocycles. The van der Waals surface area contributed by atoms with Crippen molar-refractivity contribution in [2.75, 3.05) is 9.74 Å². The predicted octanol–water partition coefficient (Wildman–Crippen LogP) is 3.87. The monoisotopic (exact) mass is 381 g/mol. The molecule has 0 unspecified atom stereocenters. The van der Waals surface area contributed by atoms with Crippen LogP contribution in [0.2, 0.25) is 5.02 Å². The topological polar surface area (TPSA) is 29.1 Å². The molecule has 0 atom stereocenters. The number of hydrogen-bond donors (Lipinski definition) is 1. The molecular weight excluding hydrogens is 376 g/mol. The Morgan fingerprint density at radius 3 is 2.41 bits per heavy atom. The van der Waals surface area contributed by atoms with Crippen molar-refractivity contribution < 1.29 is 22.4 Å². The molecule has 17 heavy (non-hydrogen) atoms. The van der Waals surface area contributed by atoms with Gasteiger partial charge in [-0.05, 0) is 12.1 Å². The van der Waals surface area contributed by atoms with Crippen LogP contribution in [0.25, 0.3) is 0 Å². The molecule has 1 aromatic carbocycles. The number of anilines is 1. The zero-order valence-corrected chi connectivity index (χ0v) is 11.0. The van der Waals surface area contributed by atoms with Crippen molar-refractivity contribution in [3.63, 3.8) is 0 Å². The number of nitrogens with one attached hydrogen (secondary N) is 1. The van der Waals surface area contributed by atoms with E-state index in [2.05, 4.69) is 5.32 Å². The molecule has 0 radical (unpaired) electrons. The fourth-order valence-electron chi connectivity index (χ4n) is 1.03. The lowest BCUT2D eigenvalue weighted by molar-refractivity contribution is -0.137. The van der Waals surface area contributed by atoms with Crippen molar-refractivity contribution >= 4 is 45.8 Å². The lowest BCUT2D eigenvalue weighted by Gasteiger charge is -2.11. The van der Waals surface area contributed by atoms with Gasteiger partial charge in [0.2, 0.25) is 5.91 Å². The van der Waals surface area contributed by atoms with Crippen LogP contribution in [0.4, 0.5) is 23.2 Å². The normalized spacial score (nSPS) is 11.4. The molecule has 1 N–H and O–H groups in total. The third-order valence-corrected chi connectivity index (χ3v) is 2.75. The van der Waals surface area contributed by atoms with E-state index in [1.165, 1.54) is 0 Å². The number of amides is 1. The van der Waals surface area contributed by atoms with Crippen molar-refractivity contribution in [1.82, 2.24) is 0 Å². The summed E-state index contributed by atoms with van der Waals surface area (Å²) < 4.78 is 50.3. The van der Waals surface area contributed by atoms with E-state index in [1.807, 2.05) is 0 Å². The maximum Gasteiger partial charge on any atom is 0.416 e. The number of hydrogen-bond acceptors (Lipinski definition) is 1. The largest absolute Gasteiger partial charge is 0.416 e. The highest BCUT2D eigenvalue weighted by Crippen LogP contribution is 2.35. The molecule has 8 heteroatoms. The second kappa shape index (κ2) is 5.38. The van der Waals surface area contributed by atoms with E-state index in [9.17, 15) is 22.4 Å². The van der Waals surface area contributed by atoms with E-state index in [1.54, 1.807) is 22.6 Å². The summed E-state index contributed by atoms with van der Waals surface area (Å²) in [5.74, 6) is -1.77. The minimum atomic E-state index is -4.68. The summed E-state index contributed by atoms with van der Waals surface area (Å²) in [5.41, 5.74) is -1.64. The molecule has 0 bridgehead atoms. The van der Waals surface area contributed by atoms with Gasteiger partial charge in [0.05, 0.1) is 20.7 Å². The van der Waals surface area contributed by atoms with E-state index in [-0.39, 0.29) is 10.5 Å². The number of carbonyl (C=O) groups is 1. The lowest BCUT2D eigenvalue weighted by atomic mass is 10.2. The average molecular weight is 381 g/mol. The zero-order chi connectivity index (χ0) is 13.2. The van der Waals surface area contributed by atoms with E-state index in [0.29, 0.717) is 6.07 Å². The van der Waals surface area contributed by atoms with Crippen LogP contribution < -0.4 is 5.32 Å². The van der Waals surface area contributed by atoms with Gasteiger partial charge in [-0.15, -0.1) is 0 Å². The Bertz CT molecular complexity index is 426. The van der Waals surface area contributed by atoms with E-state index >= 15 is 0 Å². The van der Waals surface area contributed by atoms with Gasteiger partial charge >= 0.3 is 6.18 Å². The number of rotatable bonds is 2. The molecule has 0 aliphatic carbocycles. The molecule has 1 rings (SSSR count). The van der Waals surface area contributed by atoms with Gasteiger partial charge in [-0.25, -0.2) is 4.39 Å². The van der Waals surface area contributed by atoms with Gasteiger partial charge in [-0.3, -0.25) is 4.79 Å². The molecule has 1 amide bonds. The van der Waals surface area contributed by atoms with E-state index in [4.69, 9.17) is 11.6 Å². The Labute approximate surface area is 112 Å². The molecule has 0 spiro atoms. The first-order chi connectivity index (χ1) is 7.75. The Morgan fingerprint density at radius 2 is 2.00 bits per heavy atom. The molecule has 0 fully saturated rings. The van der Waals surface area contributed by atoms with Crippen LogP contribution in [0.15, 0.2) is 12.1 Å². The van der Waals surface area contributed by atoms with E-state index < -0.39 is 34.2 Å². The highest BCUT2D eigenvalue weighted by atomic mass is 127. The van der Waals surface area contributed by atoms with Gasteiger partial charge < -0.3 is 5.32 Å². The fraction of sp³-hybridized carbons (Fsp3) is 0.222. The molecule has 0 aromatic heterocycles. The number of carbonyl (C=O) groups excluding carboxylic acids is 1. The highest BCUT2D eigenvalue weighted by molar-refractivity contribution is 14.1. The summed E-state index contributed by atoms with van der Waals surface area (Å²) in [4.78, 5) is 11.0. The first kappa shape index (κ1) is 14.5. The smallest absolute Gasteiger partial charge is 0.322 e. The number of alkyl halides is 4. The molecule has 1 aromatic rings. The molecule has 0 aliphatic rings. The van der Waals surface area contributed by atoms with E-state index in [0.717, 1.165) is 0 Å². The van der Waals surface area contributed by atoms with Crippen LogP contribution in [0, 0.1) is 5.82 Å². The van der Waals surface area contributed by atoms with Crippen LogP contribution in [-0.4, -0.2) is 10.3 Å². The Hall–Kier alpha value is -0.570. The van der Waals surface area contributed by atoms with Crippen LogP contribution in [0.1, 0.15) is 5.56 Å². The van der Waals surface area contributed by atoms with Gasteiger partial charge in [0.1, 0.15) is 5.82 Å². The standard InChI is InChI=1S/C9H5ClF4INO/c10-5-1-4(9(12,13)14)2-6(11)8(5)16-7(17)3-15/h1-2H,3H2,(H,16,17). The van der Waals surface area contributed by atoms with Crippen LogP contribution >= 0.6 is 34.2 Å². The van der Waals surface area contributed by atoms with Gasteiger partial charge in [-0.2, -0.15) is 13.2 Å². The summed E-state index contributed by atoms with van der Waals surface area (Å²) in [6.45, 7) is 0. The minimum absolute atomic E-state index is 0.0363. The highest BCUT2D eigenvalue weighted by Gasteiger charge is 2.32. The fourth-order valence-corrected chi connectivity index (χ4v) is 1.47. The summed E-state index contributed by atoms with van der Waals surface area (Å²) in [6, 6.07) is 0.849. The van der Waals surface area contributed by atoms with Crippen molar-refractivity contribution in [3.05, 3.63) is 28.5 Å². The second-order valence-corrected chi connectivity index (χ2v) is 4.16. The van der Waals surface area contributed by atoms with Crippen LogP contribution in [0.3, 0.4) is 0 Å². The maximum atomic E-state index is 13.3. The molecule has 94 valence electrons. The molecular formula is C9H5ClF4INO. The average Bonchev–Trinajstić information content (AvgIpc) is 2.21. The van der Waals surface area contributed by atoms with Crippen LogP contribution in [0.5, 0.6) is 0 Å². The Kier molecular flexibility index (Phi) is 4.59. The van der Waals surface area contributed by atoms with Gasteiger partial charge in [0.25, 0.3) is 0 Å². The summed E-state index contributed by atoms with van der Waals surface area (Å²) in [6.07, 6.45) is -4.68. The van der Waals surface area contributed by atoms with Gasteiger partial charge in [0.15, 0.2) is 0 Å². The molecule has 0 saturated carbocycles. The SMILES string of the molecule is O=C(CI)Nc1c(F)cc(C(F)(F)F)cc1Cl. The lowest BCUT2D eigenvalue weighted by Crippen LogP contribution is -2.15. The van der Waals surface area contributed by atoms with Crippen molar-refractivity contribution in [2.45, 2.75) is 6.18 Å². The third kappa shape index (κ3) is 3.70. The first-order valence-corrected chi connectivity index (χ1v) is 6.08. The molecule has 0 heterocycles. The van der Waals surface area contributed by atoms with Crippen molar-refractivity contribution in [3.8, 4) is 0 Å². The van der Waals surface area contributed by atoms with Crippen molar-refractivity contribution in [1.29, 1.82) is 0 Å². The van der Waals surface area contributed by atoms with Crippen molar-refractivity contribution in [2.24, 2.45) is 0 Å². The zero-order valence-electron chi connectivity index (χ0n) is 8.04. The number of benzene rings is 1. The molecule has 0 aliphatic heterocycles. The second-order valence-electron chi connectivity index (χ2n) is 2.99. The first-order valence-electron chi connectivity index (χ1n) is 4.17. The molecule has 2 nitrogen and oxygen atoms in total. The maximum absolute atomic E-state index is 13.3. The summed E-state index contributed by atoms with van der Waals surface area (Å²) in [7, 11) is 0. The number of halogens is 6. The Balaban J connectivity index is 3.15. The van der Waals surface area contributed by atoms with Gasteiger partial charge in [0, 0.05) is 0 Å².